The number of amides is 1. The Balaban J connectivity index is 1.81. The summed E-state index contributed by atoms with van der Waals surface area (Å²) in [7, 11) is 1.66. The first-order chi connectivity index (χ1) is 15.2. The van der Waals surface area contributed by atoms with Crippen molar-refractivity contribution in [1.29, 1.82) is 5.26 Å². The highest BCUT2D eigenvalue weighted by Gasteiger charge is 2.48. The number of carbonyl (C=O) groups is 1. The van der Waals surface area contributed by atoms with Crippen LogP contribution in [0.5, 0.6) is 0 Å². The Bertz CT molecular complexity index is 1240. The largest absolute Gasteiger partial charge is 0.369 e. The van der Waals surface area contributed by atoms with Crippen molar-refractivity contribution in [3.8, 4) is 17.2 Å². The SMILES string of the molecule is CC(C)c1ccc([C@@H]2C(=O)N(C)C(N)=N[C@]2(C)c2cc(-c3cncc(C#N)c3)cs2)cc1. The molecule has 7 heteroatoms. The number of rotatable bonds is 4. The number of nitriles is 1. The Morgan fingerprint density at radius 3 is 2.56 bits per heavy atom. The molecular formula is C25H25N5OS. The fourth-order valence-corrected chi connectivity index (χ4v) is 5.13. The number of benzene rings is 1. The molecule has 3 heterocycles. The van der Waals surface area contributed by atoms with Crippen molar-refractivity contribution in [2.75, 3.05) is 7.05 Å². The molecule has 0 bridgehead atoms. The Morgan fingerprint density at radius 2 is 1.91 bits per heavy atom. The number of pyridine rings is 1. The lowest BCUT2D eigenvalue weighted by molar-refractivity contribution is -0.130. The van der Waals surface area contributed by atoms with E-state index in [-0.39, 0.29) is 11.9 Å². The number of nitrogens with zero attached hydrogens (tertiary/aromatic N) is 4. The van der Waals surface area contributed by atoms with E-state index in [0.29, 0.717) is 11.5 Å². The standard InChI is InChI=1S/C25H25N5OS/c1-15(2)17-5-7-18(8-6-17)22-23(31)30(4)24(27)29-25(22,3)21-10-20(14-32-21)19-9-16(11-26)12-28-13-19/h5-10,12-15,22H,1-4H3,(H2,27,29)/t22-,25-/m1/s1. The van der Waals surface area contributed by atoms with Gasteiger partial charge in [-0.25, -0.2) is 4.99 Å². The van der Waals surface area contributed by atoms with E-state index in [9.17, 15) is 10.1 Å². The number of guanidine groups is 1. The summed E-state index contributed by atoms with van der Waals surface area (Å²) in [6, 6.07) is 14.2. The molecule has 0 saturated heterocycles. The van der Waals surface area contributed by atoms with E-state index in [1.54, 1.807) is 19.3 Å². The lowest BCUT2D eigenvalue weighted by Gasteiger charge is -2.40. The van der Waals surface area contributed by atoms with Gasteiger partial charge in [0, 0.05) is 29.9 Å². The minimum absolute atomic E-state index is 0.0830. The zero-order valence-electron chi connectivity index (χ0n) is 18.5. The number of carbonyl (C=O) groups excluding carboxylic acids is 1. The lowest BCUT2D eigenvalue weighted by Crippen LogP contribution is -2.52. The molecule has 2 N–H and O–H groups in total. The molecule has 32 heavy (non-hydrogen) atoms. The van der Waals surface area contributed by atoms with Crippen LogP contribution in [0.25, 0.3) is 11.1 Å². The van der Waals surface area contributed by atoms with Crippen LogP contribution in [0.15, 0.2) is 59.2 Å². The maximum absolute atomic E-state index is 13.4. The van der Waals surface area contributed by atoms with Gasteiger partial charge in [0.05, 0.1) is 11.5 Å². The van der Waals surface area contributed by atoms with Crippen molar-refractivity contribution in [3.63, 3.8) is 0 Å². The third-order valence-electron chi connectivity index (χ3n) is 6.07. The fourth-order valence-electron chi connectivity index (χ4n) is 4.07. The smallest absolute Gasteiger partial charge is 0.239 e. The van der Waals surface area contributed by atoms with E-state index in [0.717, 1.165) is 21.6 Å². The van der Waals surface area contributed by atoms with Gasteiger partial charge in [-0.3, -0.25) is 14.7 Å². The molecule has 0 radical (unpaired) electrons. The summed E-state index contributed by atoms with van der Waals surface area (Å²) in [4.78, 5) is 24.8. The van der Waals surface area contributed by atoms with Gasteiger partial charge >= 0.3 is 0 Å². The summed E-state index contributed by atoms with van der Waals surface area (Å²) in [6.07, 6.45) is 3.27. The van der Waals surface area contributed by atoms with Crippen LogP contribution < -0.4 is 5.73 Å². The summed E-state index contributed by atoms with van der Waals surface area (Å²) in [5.41, 5.74) is 9.72. The van der Waals surface area contributed by atoms with Crippen LogP contribution in [0, 0.1) is 11.3 Å². The van der Waals surface area contributed by atoms with Crippen molar-refractivity contribution in [1.82, 2.24) is 9.88 Å². The molecule has 6 nitrogen and oxygen atoms in total. The molecular weight excluding hydrogens is 418 g/mol. The molecule has 1 aromatic carbocycles. The maximum atomic E-state index is 13.4. The Hall–Kier alpha value is -3.50. The predicted octanol–water partition coefficient (Wildman–Crippen LogP) is 4.59. The molecule has 0 saturated carbocycles. The minimum atomic E-state index is -0.851. The average molecular weight is 444 g/mol. The van der Waals surface area contributed by atoms with Gasteiger partial charge in [-0.2, -0.15) is 5.26 Å². The number of thiophene rings is 1. The second-order valence-electron chi connectivity index (χ2n) is 8.54. The molecule has 0 spiro atoms. The molecule has 0 unspecified atom stereocenters. The van der Waals surface area contributed by atoms with Gasteiger partial charge in [-0.15, -0.1) is 11.3 Å². The first-order valence-corrected chi connectivity index (χ1v) is 11.3. The van der Waals surface area contributed by atoms with E-state index < -0.39 is 11.5 Å². The Morgan fingerprint density at radius 1 is 1.19 bits per heavy atom. The van der Waals surface area contributed by atoms with Gasteiger partial charge in [-0.1, -0.05) is 38.1 Å². The van der Waals surface area contributed by atoms with Gasteiger partial charge in [-0.05, 0) is 47.0 Å². The quantitative estimate of drug-likeness (QED) is 0.638. The minimum Gasteiger partial charge on any atom is -0.369 e. The van der Waals surface area contributed by atoms with Gasteiger partial charge in [0.25, 0.3) is 0 Å². The molecule has 3 aromatic rings. The first-order valence-electron chi connectivity index (χ1n) is 10.4. The number of hydrogen-bond donors (Lipinski definition) is 1. The van der Waals surface area contributed by atoms with E-state index in [1.165, 1.54) is 28.0 Å². The topological polar surface area (TPSA) is 95.4 Å². The first kappa shape index (κ1) is 21.7. The van der Waals surface area contributed by atoms with Crippen molar-refractivity contribution in [2.45, 2.75) is 38.1 Å². The van der Waals surface area contributed by atoms with E-state index in [4.69, 9.17) is 10.7 Å². The molecule has 0 fully saturated rings. The summed E-state index contributed by atoms with van der Waals surface area (Å²) in [5, 5.41) is 11.2. The molecule has 162 valence electrons. The third-order valence-corrected chi connectivity index (χ3v) is 7.22. The Kier molecular flexibility index (Phi) is 5.57. The van der Waals surface area contributed by atoms with Gasteiger partial charge in [0.1, 0.15) is 11.6 Å². The van der Waals surface area contributed by atoms with Gasteiger partial charge in [0.15, 0.2) is 5.96 Å². The van der Waals surface area contributed by atoms with Crippen LogP contribution in [0.2, 0.25) is 0 Å². The summed E-state index contributed by atoms with van der Waals surface area (Å²) < 4.78 is 0. The van der Waals surface area contributed by atoms with E-state index in [1.807, 2.05) is 30.5 Å². The predicted molar refractivity (Wildman–Crippen MR) is 127 cm³/mol. The molecule has 2 atom stereocenters. The van der Waals surface area contributed by atoms with Gasteiger partial charge < -0.3 is 5.73 Å². The molecule has 4 rings (SSSR count). The number of aromatic nitrogens is 1. The molecule has 1 aliphatic rings. The monoisotopic (exact) mass is 443 g/mol. The van der Waals surface area contributed by atoms with Crippen LogP contribution in [-0.4, -0.2) is 28.8 Å². The number of aliphatic imine (C=N–C) groups is 1. The van der Waals surface area contributed by atoms with E-state index in [2.05, 4.69) is 37.0 Å². The highest BCUT2D eigenvalue weighted by atomic mass is 32.1. The molecule has 1 aliphatic heterocycles. The lowest BCUT2D eigenvalue weighted by atomic mass is 9.77. The molecule has 0 aliphatic carbocycles. The number of hydrogen-bond acceptors (Lipinski definition) is 6. The summed E-state index contributed by atoms with van der Waals surface area (Å²) >= 11 is 1.53. The van der Waals surface area contributed by atoms with Crippen molar-refractivity contribution in [3.05, 3.63) is 75.7 Å². The van der Waals surface area contributed by atoms with Crippen molar-refractivity contribution in [2.24, 2.45) is 10.7 Å². The summed E-state index contributed by atoms with van der Waals surface area (Å²) in [5.74, 6) is 0.0265. The summed E-state index contributed by atoms with van der Waals surface area (Å²) in [6.45, 7) is 6.26. The molecule has 2 aromatic heterocycles. The average Bonchev–Trinajstić information content (AvgIpc) is 3.29. The maximum Gasteiger partial charge on any atom is 0.239 e. The number of nitrogens with two attached hydrogens (primary N) is 1. The van der Waals surface area contributed by atoms with E-state index >= 15 is 0 Å². The fraction of sp³-hybridized carbons (Fsp3) is 0.280. The molecule has 1 amide bonds. The van der Waals surface area contributed by atoms with Crippen LogP contribution in [0.4, 0.5) is 0 Å². The number of likely N-dealkylation sites (N-methyl/N-ethyl adjacent to an activating group) is 1. The second kappa shape index (κ2) is 8.21. The van der Waals surface area contributed by atoms with Gasteiger partial charge in [0.2, 0.25) is 5.91 Å². The normalized spacial score (nSPS) is 20.9. The van der Waals surface area contributed by atoms with Crippen LogP contribution in [-0.2, 0) is 10.3 Å². The Labute approximate surface area is 192 Å². The van der Waals surface area contributed by atoms with Crippen LogP contribution in [0.3, 0.4) is 0 Å². The highest BCUT2D eigenvalue weighted by molar-refractivity contribution is 7.10. The second-order valence-corrected chi connectivity index (χ2v) is 9.45. The van der Waals surface area contributed by atoms with Crippen LogP contribution in [0.1, 0.15) is 54.2 Å². The van der Waals surface area contributed by atoms with Crippen LogP contribution >= 0.6 is 11.3 Å². The zero-order valence-corrected chi connectivity index (χ0v) is 19.4. The highest BCUT2D eigenvalue weighted by Crippen LogP contribution is 2.47. The van der Waals surface area contributed by atoms with Crippen molar-refractivity contribution >= 4 is 23.2 Å². The zero-order chi connectivity index (χ0) is 23.0. The third kappa shape index (κ3) is 3.67. The van der Waals surface area contributed by atoms with Crippen molar-refractivity contribution < 1.29 is 4.79 Å².